The van der Waals surface area contributed by atoms with Crippen LogP contribution in [-0.4, -0.2) is 34.8 Å². The van der Waals surface area contributed by atoms with Crippen molar-refractivity contribution in [1.29, 1.82) is 0 Å². The summed E-state index contributed by atoms with van der Waals surface area (Å²) >= 11 is 0. The van der Waals surface area contributed by atoms with Crippen LogP contribution in [0.5, 0.6) is 0 Å². The highest BCUT2D eigenvalue weighted by Gasteiger charge is 2.71. The lowest BCUT2D eigenvalue weighted by molar-refractivity contribution is -0.373. The van der Waals surface area contributed by atoms with Crippen molar-refractivity contribution in [3.05, 3.63) is 0 Å². The highest BCUT2D eigenvalue weighted by atomic mass is 19.4. The molecule has 2 N–H and O–H groups in total. The molecular weight excluding hydrogens is 446 g/mol. The molecule has 10 atom stereocenters. The molecule has 0 spiro atoms. The minimum atomic E-state index is -5.69. The standard InChI is InChI=1S/C13H18F6O.C12H22O/c1-6-7(2)10-4-8(6)3-9(10)5-11(20,12(14,15)16)13(17,18)19;1-8-9(2)12-7-11(8)6-10(12)4-3-5-13/h6-10,20H,3-5H2,1-2H3;8-13H,3-7H2,1-2H3. The third-order valence-corrected chi connectivity index (χ3v) is 10.3. The average molecular weight is 487 g/mol. The Balaban J connectivity index is 0.000000203. The lowest BCUT2D eigenvalue weighted by atomic mass is 9.72. The van der Waals surface area contributed by atoms with Crippen molar-refractivity contribution in [3.63, 3.8) is 0 Å². The molecule has 2 nitrogen and oxygen atoms in total. The van der Waals surface area contributed by atoms with E-state index in [1.807, 2.05) is 13.8 Å². The van der Waals surface area contributed by atoms with Crippen molar-refractivity contribution in [2.75, 3.05) is 6.61 Å². The van der Waals surface area contributed by atoms with Crippen LogP contribution >= 0.6 is 0 Å². The van der Waals surface area contributed by atoms with Gasteiger partial charge in [-0.3, -0.25) is 0 Å². The topological polar surface area (TPSA) is 40.5 Å². The van der Waals surface area contributed by atoms with Crippen LogP contribution in [0.2, 0.25) is 0 Å². The van der Waals surface area contributed by atoms with Gasteiger partial charge in [0.1, 0.15) is 0 Å². The second-order valence-electron chi connectivity index (χ2n) is 11.7. The van der Waals surface area contributed by atoms with Crippen molar-refractivity contribution < 1.29 is 36.6 Å². The molecule has 4 fully saturated rings. The van der Waals surface area contributed by atoms with E-state index in [9.17, 15) is 31.4 Å². The summed E-state index contributed by atoms with van der Waals surface area (Å²) in [6.07, 6.45) is -6.39. The molecule has 194 valence electrons. The van der Waals surface area contributed by atoms with E-state index in [-0.39, 0.29) is 17.8 Å². The highest BCUT2D eigenvalue weighted by molar-refractivity contribution is 5.03. The normalized spacial score (nSPS) is 42.5. The van der Waals surface area contributed by atoms with E-state index in [1.54, 1.807) is 0 Å². The van der Waals surface area contributed by atoms with Crippen molar-refractivity contribution >= 4 is 0 Å². The average Bonchev–Trinajstić information content (AvgIpc) is 3.43. The van der Waals surface area contributed by atoms with Crippen molar-refractivity contribution in [1.82, 2.24) is 0 Å². The largest absolute Gasteiger partial charge is 0.426 e. The van der Waals surface area contributed by atoms with Gasteiger partial charge in [-0.25, -0.2) is 0 Å². The first-order valence-corrected chi connectivity index (χ1v) is 12.6. The Kier molecular flexibility index (Phi) is 7.81. The Morgan fingerprint density at radius 1 is 0.667 bits per heavy atom. The number of alkyl halides is 6. The summed E-state index contributed by atoms with van der Waals surface area (Å²) in [7, 11) is 0. The first kappa shape index (κ1) is 27.1. The molecular formula is C25H40F6O2. The predicted molar refractivity (Wildman–Crippen MR) is 114 cm³/mol. The SMILES string of the molecule is CC1C2CC(CC(O)(C(F)(F)F)C(F)(F)F)C(C2)C1C.CC1C2CC(CCCO)C(C2)C1C. The summed E-state index contributed by atoms with van der Waals surface area (Å²) in [5, 5.41) is 18.1. The van der Waals surface area contributed by atoms with Crippen molar-refractivity contribution in [2.45, 2.75) is 90.6 Å². The number of aliphatic hydroxyl groups excluding tert-OH is 1. The Morgan fingerprint density at radius 2 is 1.09 bits per heavy atom. The lowest BCUT2D eigenvalue weighted by Gasteiger charge is -2.39. The Bertz CT molecular complexity index is 644. The summed E-state index contributed by atoms with van der Waals surface area (Å²) < 4.78 is 76.2. The van der Waals surface area contributed by atoms with Gasteiger partial charge in [0.2, 0.25) is 0 Å². The second-order valence-corrected chi connectivity index (χ2v) is 11.7. The fourth-order valence-corrected chi connectivity index (χ4v) is 7.88. The number of halogens is 6. The molecule has 10 unspecified atom stereocenters. The van der Waals surface area contributed by atoms with E-state index in [4.69, 9.17) is 5.11 Å². The minimum Gasteiger partial charge on any atom is -0.396 e. The molecule has 4 aliphatic rings. The molecule has 0 aromatic carbocycles. The summed E-state index contributed by atoms with van der Waals surface area (Å²) in [6, 6.07) is 0. The fourth-order valence-electron chi connectivity index (χ4n) is 7.88. The van der Waals surface area contributed by atoms with Gasteiger partial charge in [0.15, 0.2) is 0 Å². The first-order chi connectivity index (χ1) is 15.1. The van der Waals surface area contributed by atoms with Crippen LogP contribution in [0.1, 0.15) is 72.6 Å². The van der Waals surface area contributed by atoms with Gasteiger partial charge in [0.25, 0.3) is 5.60 Å². The Morgan fingerprint density at radius 3 is 1.45 bits per heavy atom. The van der Waals surface area contributed by atoms with Gasteiger partial charge in [-0.15, -0.1) is 0 Å². The number of rotatable bonds is 5. The van der Waals surface area contributed by atoms with Crippen LogP contribution in [0, 0.1) is 59.2 Å². The van der Waals surface area contributed by atoms with Crippen LogP contribution in [0.3, 0.4) is 0 Å². The van der Waals surface area contributed by atoms with Crippen LogP contribution in [0.15, 0.2) is 0 Å². The molecule has 0 aromatic heterocycles. The van der Waals surface area contributed by atoms with E-state index in [0.717, 1.165) is 36.0 Å². The van der Waals surface area contributed by atoms with Crippen LogP contribution in [0.4, 0.5) is 26.3 Å². The van der Waals surface area contributed by atoms with Gasteiger partial charge < -0.3 is 10.2 Å². The zero-order chi connectivity index (χ0) is 24.9. The molecule has 0 heterocycles. The van der Waals surface area contributed by atoms with Gasteiger partial charge >= 0.3 is 12.4 Å². The molecule has 4 aliphatic carbocycles. The summed E-state index contributed by atoms with van der Waals surface area (Å²) in [4.78, 5) is 0. The Labute approximate surface area is 193 Å². The van der Waals surface area contributed by atoms with Gasteiger partial charge in [-0.2, -0.15) is 26.3 Å². The number of hydrogen-bond donors (Lipinski definition) is 2. The molecule has 33 heavy (non-hydrogen) atoms. The molecule has 0 saturated heterocycles. The van der Waals surface area contributed by atoms with Gasteiger partial charge in [-0.1, -0.05) is 27.7 Å². The fraction of sp³-hybridized carbons (Fsp3) is 1.00. The van der Waals surface area contributed by atoms with E-state index in [0.29, 0.717) is 25.4 Å². The van der Waals surface area contributed by atoms with Gasteiger partial charge in [0, 0.05) is 6.61 Å². The maximum absolute atomic E-state index is 12.7. The lowest BCUT2D eigenvalue weighted by Crippen LogP contribution is -2.58. The van der Waals surface area contributed by atoms with Crippen molar-refractivity contribution in [2.24, 2.45) is 59.2 Å². The molecule has 8 heteroatoms. The van der Waals surface area contributed by atoms with E-state index in [2.05, 4.69) is 13.8 Å². The summed E-state index contributed by atoms with van der Waals surface area (Å²) in [5.74, 6) is 4.65. The zero-order valence-corrected chi connectivity index (χ0v) is 20.1. The quantitative estimate of drug-likeness (QED) is 0.418. The summed E-state index contributed by atoms with van der Waals surface area (Å²) in [6.45, 7) is 9.11. The predicted octanol–water partition coefficient (Wildman–Crippen LogP) is 6.85. The monoisotopic (exact) mass is 486 g/mol. The maximum Gasteiger partial charge on any atom is 0.426 e. The minimum absolute atomic E-state index is 0.115. The molecule has 0 amide bonds. The smallest absolute Gasteiger partial charge is 0.396 e. The molecule has 4 bridgehead atoms. The van der Waals surface area contributed by atoms with Gasteiger partial charge in [0.05, 0.1) is 0 Å². The van der Waals surface area contributed by atoms with Crippen molar-refractivity contribution in [3.8, 4) is 0 Å². The molecule has 4 saturated carbocycles. The van der Waals surface area contributed by atoms with Gasteiger partial charge in [-0.05, 0) is 104 Å². The number of hydrogen-bond acceptors (Lipinski definition) is 2. The number of fused-ring (bicyclic) bond motifs is 4. The molecule has 0 aliphatic heterocycles. The molecule has 0 aromatic rings. The van der Waals surface area contributed by atoms with Crippen LogP contribution < -0.4 is 0 Å². The maximum atomic E-state index is 12.7. The summed E-state index contributed by atoms with van der Waals surface area (Å²) in [5.41, 5.74) is -4.59. The van der Waals surface area contributed by atoms with E-state index < -0.39 is 30.3 Å². The molecule has 4 rings (SSSR count). The zero-order valence-electron chi connectivity index (χ0n) is 20.1. The highest BCUT2D eigenvalue weighted by Crippen LogP contribution is 2.59. The second kappa shape index (κ2) is 9.51. The van der Waals surface area contributed by atoms with E-state index >= 15 is 0 Å². The van der Waals surface area contributed by atoms with Crippen LogP contribution in [0.25, 0.3) is 0 Å². The third kappa shape index (κ3) is 4.94. The third-order valence-electron chi connectivity index (χ3n) is 10.3. The molecule has 0 radical (unpaired) electrons. The first-order valence-electron chi connectivity index (χ1n) is 12.6. The Hall–Kier alpha value is -0.500. The van der Waals surface area contributed by atoms with Crippen LogP contribution in [-0.2, 0) is 0 Å². The number of aliphatic hydroxyl groups is 2. The van der Waals surface area contributed by atoms with E-state index in [1.165, 1.54) is 19.3 Å².